The maximum Gasteiger partial charge on any atom is 0.275 e. The van der Waals surface area contributed by atoms with Gasteiger partial charge in [-0.3, -0.25) is 9.78 Å². The summed E-state index contributed by atoms with van der Waals surface area (Å²) in [6.45, 7) is 0. The zero-order chi connectivity index (χ0) is 16.9. The van der Waals surface area contributed by atoms with E-state index in [2.05, 4.69) is 15.3 Å². The van der Waals surface area contributed by atoms with E-state index < -0.39 is 0 Å². The Hall–Kier alpha value is -2.93. The zero-order valence-corrected chi connectivity index (χ0v) is 14.0. The summed E-state index contributed by atoms with van der Waals surface area (Å²) >= 11 is 1.39. The number of nitrogens with one attached hydrogen (secondary N) is 1. The normalized spacial score (nSPS) is 10.2. The van der Waals surface area contributed by atoms with Crippen molar-refractivity contribution in [1.82, 2.24) is 9.97 Å². The molecule has 6 nitrogen and oxygen atoms in total. The molecular weight excluding hydrogens is 326 g/mol. The summed E-state index contributed by atoms with van der Waals surface area (Å²) in [6.07, 6.45) is 3.23. The van der Waals surface area contributed by atoms with Gasteiger partial charge in [0.25, 0.3) is 5.91 Å². The Morgan fingerprint density at radius 2 is 2.00 bits per heavy atom. The van der Waals surface area contributed by atoms with Gasteiger partial charge >= 0.3 is 0 Å². The third-order valence-electron chi connectivity index (χ3n) is 3.29. The van der Waals surface area contributed by atoms with Gasteiger partial charge in [-0.05, 0) is 30.3 Å². The van der Waals surface area contributed by atoms with Gasteiger partial charge in [0.2, 0.25) is 0 Å². The molecule has 24 heavy (non-hydrogen) atoms. The molecule has 0 aliphatic heterocycles. The zero-order valence-electron chi connectivity index (χ0n) is 13.1. The highest BCUT2D eigenvalue weighted by Gasteiger charge is 2.14. The van der Waals surface area contributed by atoms with E-state index in [1.807, 2.05) is 18.2 Å². The van der Waals surface area contributed by atoms with Gasteiger partial charge in [-0.2, -0.15) is 0 Å². The molecule has 7 heteroatoms. The summed E-state index contributed by atoms with van der Waals surface area (Å²) in [5.74, 6) is 0.991. The van der Waals surface area contributed by atoms with Crippen LogP contribution in [0.15, 0.2) is 48.1 Å². The fraction of sp³-hybridized carbons (Fsp3) is 0.118. The van der Waals surface area contributed by atoms with Gasteiger partial charge in [0.1, 0.15) is 10.7 Å². The monoisotopic (exact) mass is 341 g/mol. The van der Waals surface area contributed by atoms with Crippen molar-refractivity contribution in [3.05, 3.63) is 53.8 Å². The summed E-state index contributed by atoms with van der Waals surface area (Å²) < 4.78 is 10.5. The number of hydrogen-bond donors (Lipinski definition) is 1. The predicted molar refractivity (Wildman–Crippen MR) is 92.8 cm³/mol. The molecule has 0 fully saturated rings. The van der Waals surface area contributed by atoms with Crippen LogP contribution in [0, 0.1) is 0 Å². The lowest BCUT2D eigenvalue weighted by Crippen LogP contribution is -2.12. The lowest BCUT2D eigenvalue weighted by Gasteiger charge is -2.08. The first-order valence-corrected chi connectivity index (χ1v) is 7.98. The summed E-state index contributed by atoms with van der Waals surface area (Å²) in [6, 6.07) is 9.05. The van der Waals surface area contributed by atoms with Gasteiger partial charge in [-0.1, -0.05) is 0 Å². The van der Waals surface area contributed by atoms with E-state index in [-0.39, 0.29) is 5.91 Å². The van der Waals surface area contributed by atoms with Crippen molar-refractivity contribution in [2.24, 2.45) is 0 Å². The van der Waals surface area contributed by atoms with Crippen LogP contribution >= 0.6 is 11.3 Å². The van der Waals surface area contributed by atoms with Crippen LogP contribution in [0.25, 0.3) is 10.6 Å². The number of carbonyl (C=O) groups excluding carboxylic acids is 1. The highest BCUT2D eigenvalue weighted by molar-refractivity contribution is 7.13. The SMILES string of the molecule is COc1ccc(-c2nc(C(=O)Nc3cccnc3)cs2)cc1OC. The van der Waals surface area contributed by atoms with Crippen molar-refractivity contribution in [3.8, 4) is 22.1 Å². The number of nitrogens with zero attached hydrogens (tertiary/aromatic N) is 2. The minimum atomic E-state index is -0.272. The summed E-state index contributed by atoms with van der Waals surface area (Å²) in [4.78, 5) is 20.6. The largest absolute Gasteiger partial charge is 0.493 e. The average Bonchev–Trinajstić information content (AvgIpc) is 3.12. The Morgan fingerprint density at radius 1 is 1.17 bits per heavy atom. The molecule has 122 valence electrons. The number of anilines is 1. The number of hydrogen-bond acceptors (Lipinski definition) is 6. The van der Waals surface area contributed by atoms with E-state index in [0.717, 1.165) is 10.6 Å². The van der Waals surface area contributed by atoms with Crippen LogP contribution in [0.1, 0.15) is 10.5 Å². The van der Waals surface area contributed by atoms with Crippen LogP contribution in [0.5, 0.6) is 11.5 Å². The van der Waals surface area contributed by atoms with Gasteiger partial charge in [0.05, 0.1) is 26.1 Å². The molecule has 0 aliphatic rings. The van der Waals surface area contributed by atoms with Crippen LogP contribution in [-0.4, -0.2) is 30.1 Å². The second-order valence-electron chi connectivity index (χ2n) is 4.80. The van der Waals surface area contributed by atoms with Crippen LogP contribution in [0.4, 0.5) is 5.69 Å². The first kappa shape index (κ1) is 15.9. The Bertz CT molecular complexity index is 849. The van der Waals surface area contributed by atoms with Crippen molar-refractivity contribution in [1.29, 1.82) is 0 Å². The molecule has 0 unspecified atom stereocenters. The molecule has 0 saturated heterocycles. The molecule has 0 aliphatic carbocycles. The molecule has 3 rings (SSSR count). The maximum atomic E-state index is 12.2. The number of ether oxygens (including phenoxy) is 2. The lowest BCUT2D eigenvalue weighted by atomic mass is 10.2. The minimum absolute atomic E-state index is 0.272. The average molecular weight is 341 g/mol. The molecule has 0 spiro atoms. The second kappa shape index (κ2) is 7.10. The van der Waals surface area contributed by atoms with Crippen molar-refractivity contribution in [3.63, 3.8) is 0 Å². The molecule has 0 saturated carbocycles. The molecule has 1 amide bonds. The summed E-state index contributed by atoms with van der Waals surface area (Å²) in [7, 11) is 3.16. The van der Waals surface area contributed by atoms with Crippen LogP contribution in [-0.2, 0) is 0 Å². The van der Waals surface area contributed by atoms with E-state index in [1.54, 1.807) is 44.1 Å². The summed E-state index contributed by atoms with van der Waals surface area (Å²) in [5, 5.41) is 5.21. The van der Waals surface area contributed by atoms with Crippen molar-refractivity contribution < 1.29 is 14.3 Å². The standard InChI is InChI=1S/C17H15N3O3S/c1-22-14-6-5-11(8-15(14)23-2)17-20-13(10-24-17)16(21)19-12-4-3-7-18-9-12/h3-10H,1-2H3,(H,19,21). The molecule has 0 bridgehead atoms. The highest BCUT2D eigenvalue weighted by Crippen LogP contribution is 2.33. The Balaban J connectivity index is 1.81. The molecule has 3 aromatic rings. The minimum Gasteiger partial charge on any atom is -0.493 e. The molecule has 0 atom stereocenters. The van der Waals surface area contributed by atoms with Crippen molar-refractivity contribution in [2.75, 3.05) is 19.5 Å². The highest BCUT2D eigenvalue weighted by atomic mass is 32.1. The van der Waals surface area contributed by atoms with Crippen molar-refractivity contribution >= 4 is 22.9 Å². The number of carbonyl (C=O) groups is 1. The fourth-order valence-corrected chi connectivity index (χ4v) is 2.91. The lowest BCUT2D eigenvalue weighted by molar-refractivity contribution is 0.102. The van der Waals surface area contributed by atoms with Gasteiger partial charge in [0.15, 0.2) is 11.5 Å². The van der Waals surface area contributed by atoms with Gasteiger partial charge in [0, 0.05) is 17.1 Å². The number of benzene rings is 1. The fourth-order valence-electron chi connectivity index (χ4n) is 2.11. The first-order valence-electron chi connectivity index (χ1n) is 7.10. The molecular formula is C17H15N3O3S. The molecule has 1 aromatic carbocycles. The van der Waals surface area contributed by atoms with Gasteiger partial charge < -0.3 is 14.8 Å². The smallest absolute Gasteiger partial charge is 0.275 e. The molecule has 1 N–H and O–H groups in total. The Morgan fingerprint density at radius 3 is 2.71 bits per heavy atom. The van der Waals surface area contributed by atoms with Crippen LogP contribution in [0.3, 0.4) is 0 Å². The number of pyridine rings is 1. The topological polar surface area (TPSA) is 73.3 Å². The second-order valence-corrected chi connectivity index (χ2v) is 5.66. The molecule has 2 aromatic heterocycles. The third kappa shape index (κ3) is 3.36. The van der Waals surface area contributed by atoms with Crippen LogP contribution in [0.2, 0.25) is 0 Å². The Kier molecular flexibility index (Phi) is 4.72. The van der Waals surface area contributed by atoms with Crippen molar-refractivity contribution in [2.45, 2.75) is 0 Å². The molecule has 2 heterocycles. The summed E-state index contributed by atoms with van der Waals surface area (Å²) in [5.41, 5.74) is 1.84. The number of aromatic nitrogens is 2. The molecule has 0 radical (unpaired) electrons. The van der Waals surface area contributed by atoms with Gasteiger partial charge in [-0.15, -0.1) is 11.3 Å². The number of rotatable bonds is 5. The van der Waals surface area contributed by atoms with E-state index in [0.29, 0.717) is 22.9 Å². The van der Waals surface area contributed by atoms with E-state index in [9.17, 15) is 4.79 Å². The van der Waals surface area contributed by atoms with E-state index in [4.69, 9.17) is 9.47 Å². The van der Waals surface area contributed by atoms with Crippen LogP contribution < -0.4 is 14.8 Å². The van der Waals surface area contributed by atoms with Gasteiger partial charge in [-0.25, -0.2) is 4.98 Å². The first-order chi connectivity index (χ1) is 11.7. The predicted octanol–water partition coefficient (Wildman–Crippen LogP) is 3.47. The Labute approximate surface area is 143 Å². The number of amides is 1. The number of thiazole rings is 1. The quantitative estimate of drug-likeness (QED) is 0.769. The van der Waals surface area contributed by atoms with E-state index in [1.165, 1.54) is 11.3 Å². The maximum absolute atomic E-state index is 12.2. The number of methoxy groups -OCH3 is 2. The van der Waals surface area contributed by atoms with E-state index >= 15 is 0 Å². The third-order valence-corrected chi connectivity index (χ3v) is 4.18.